The van der Waals surface area contributed by atoms with Crippen molar-refractivity contribution in [2.24, 2.45) is 0 Å². The molecule has 2 aliphatic heterocycles. The van der Waals surface area contributed by atoms with Crippen LogP contribution in [-0.2, 0) is 9.59 Å². The Morgan fingerprint density at radius 2 is 1.64 bits per heavy atom. The van der Waals surface area contributed by atoms with Gasteiger partial charge in [0.2, 0.25) is 5.91 Å². The molecule has 6 heteroatoms. The van der Waals surface area contributed by atoms with Gasteiger partial charge in [0.25, 0.3) is 5.91 Å². The molecule has 0 N–H and O–H groups in total. The molecule has 2 heterocycles. The second kappa shape index (κ2) is 7.64. The van der Waals surface area contributed by atoms with E-state index in [1.54, 1.807) is 7.11 Å². The molecule has 4 rings (SSSR count). The lowest BCUT2D eigenvalue weighted by molar-refractivity contribution is -0.123. The number of benzene rings is 2. The summed E-state index contributed by atoms with van der Waals surface area (Å²) in [5, 5.41) is 0. The molecule has 2 aromatic rings. The fraction of sp³-hybridized carbons (Fsp3) is 0.364. The number of carbonyl (C=O) groups is 2. The Balaban J connectivity index is 1.42. The number of ether oxygens (including phenoxy) is 1. The first-order valence-corrected chi connectivity index (χ1v) is 9.63. The van der Waals surface area contributed by atoms with E-state index >= 15 is 0 Å². The van der Waals surface area contributed by atoms with Gasteiger partial charge in [-0.3, -0.25) is 14.5 Å². The van der Waals surface area contributed by atoms with Crippen LogP contribution in [0.25, 0.3) is 0 Å². The first kappa shape index (κ1) is 18.5. The average Bonchev–Trinajstić information content (AvgIpc) is 3.03. The molecule has 0 saturated carbocycles. The van der Waals surface area contributed by atoms with Crippen LogP contribution in [0.2, 0.25) is 0 Å². The maximum absolute atomic E-state index is 13.0. The Kier molecular flexibility index (Phi) is 5.05. The number of methoxy groups -OCH3 is 1. The topological polar surface area (TPSA) is 53.1 Å². The molecule has 146 valence electrons. The van der Waals surface area contributed by atoms with Crippen LogP contribution < -0.4 is 14.5 Å². The summed E-state index contributed by atoms with van der Waals surface area (Å²) in [4.78, 5) is 31.3. The normalized spacial score (nSPS) is 20.7. The van der Waals surface area contributed by atoms with Gasteiger partial charge in [0.1, 0.15) is 5.75 Å². The number of rotatable bonds is 4. The van der Waals surface area contributed by atoms with Gasteiger partial charge in [-0.15, -0.1) is 0 Å². The number of imide groups is 1. The number of nitrogens with zero attached hydrogens (tertiary/aromatic N) is 3. The highest BCUT2D eigenvalue weighted by Crippen LogP contribution is 2.28. The molecule has 0 radical (unpaired) electrons. The number of carbonyl (C=O) groups excluding carboxylic acids is 2. The fourth-order valence-corrected chi connectivity index (χ4v) is 3.97. The number of aryl methyl sites for hydroxylation is 1. The maximum Gasteiger partial charge on any atom is 0.251 e. The first-order chi connectivity index (χ1) is 13.6. The highest BCUT2D eigenvalue weighted by molar-refractivity contribution is 6.22. The van der Waals surface area contributed by atoms with Crippen molar-refractivity contribution in [3.8, 4) is 5.75 Å². The number of anilines is 2. The Bertz CT molecular complexity index is 873. The molecule has 2 aromatic carbocycles. The molecule has 28 heavy (non-hydrogen) atoms. The number of piperazine rings is 1. The van der Waals surface area contributed by atoms with Gasteiger partial charge in [-0.1, -0.05) is 23.8 Å². The molecule has 1 atom stereocenters. The van der Waals surface area contributed by atoms with E-state index in [9.17, 15) is 9.59 Å². The highest BCUT2D eigenvalue weighted by atomic mass is 16.5. The molecule has 2 aliphatic rings. The van der Waals surface area contributed by atoms with Crippen LogP contribution in [0, 0.1) is 6.92 Å². The van der Waals surface area contributed by atoms with Gasteiger partial charge in [-0.25, -0.2) is 4.90 Å². The van der Waals surface area contributed by atoms with E-state index in [0.29, 0.717) is 5.69 Å². The summed E-state index contributed by atoms with van der Waals surface area (Å²) >= 11 is 0. The van der Waals surface area contributed by atoms with Gasteiger partial charge < -0.3 is 9.64 Å². The van der Waals surface area contributed by atoms with Crippen LogP contribution >= 0.6 is 0 Å². The van der Waals surface area contributed by atoms with E-state index < -0.39 is 0 Å². The molecule has 2 saturated heterocycles. The Hall–Kier alpha value is -2.86. The van der Waals surface area contributed by atoms with Crippen molar-refractivity contribution in [3.63, 3.8) is 0 Å². The quantitative estimate of drug-likeness (QED) is 0.764. The van der Waals surface area contributed by atoms with Gasteiger partial charge in [0.15, 0.2) is 0 Å². The monoisotopic (exact) mass is 379 g/mol. The molecule has 2 fully saturated rings. The molecule has 0 spiro atoms. The van der Waals surface area contributed by atoms with Crippen LogP contribution in [0.4, 0.5) is 11.4 Å². The Morgan fingerprint density at radius 1 is 0.929 bits per heavy atom. The SMILES string of the molecule is COc1cccc(N2CCN([C@@H]3CC(=O)N(c4ccc(C)cc4)C3=O)CC2)c1. The largest absolute Gasteiger partial charge is 0.497 e. The molecule has 2 amide bonds. The van der Waals surface area contributed by atoms with E-state index in [-0.39, 0.29) is 24.3 Å². The standard InChI is InChI=1S/C22H25N3O3/c1-16-6-8-17(9-7-16)25-21(26)15-20(22(25)27)24-12-10-23(11-13-24)18-4-3-5-19(14-18)28-2/h3-9,14,20H,10-13,15H2,1-2H3/t20-/m1/s1. The lowest BCUT2D eigenvalue weighted by atomic mass is 10.1. The summed E-state index contributed by atoms with van der Waals surface area (Å²) in [5.74, 6) is 0.614. The van der Waals surface area contributed by atoms with Crippen molar-refractivity contribution in [1.29, 1.82) is 0 Å². The smallest absolute Gasteiger partial charge is 0.251 e. The van der Waals surface area contributed by atoms with Crippen molar-refractivity contribution in [2.45, 2.75) is 19.4 Å². The zero-order valence-electron chi connectivity index (χ0n) is 16.3. The lowest BCUT2D eigenvalue weighted by Gasteiger charge is -2.38. The van der Waals surface area contributed by atoms with Gasteiger partial charge in [0.05, 0.1) is 25.3 Å². The van der Waals surface area contributed by atoms with Crippen molar-refractivity contribution in [2.75, 3.05) is 43.1 Å². The summed E-state index contributed by atoms with van der Waals surface area (Å²) in [7, 11) is 1.67. The van der Waals surface area contributed by atoms with Crippen molar-refractivity contribution in [1.82, 2.24) is 4.90 Å². The Labute approximate surface area is 165 Å². The third-order valence-corrected chi connectivity index (χ3v) is 5.59. The van der Waals surface area contributed by atoms with Gasteiger partial charge >= 0.3 is 0 Å². The van der Waals surface area contributed by atoms with E-state index in [2.05, 4.69) is 15.9 Å². The van der Waals surface area contributed by atoms with Crippen LogP contribution in [-0.4, -0.2) is 56.0 Å². The molecular formula is C22H25N3O3. The number of amides is 2. The molecule has 6 nitrogen and oxygen atoms in total. The molecule has 0 aromatic heterocycles. The summed E-state index contributed by atoms with van der Waals surface area (Å²) in [6.07, 6.45) is 0.256. The Morgan fingerprint density at radius 3 is 2.32 bits per heavy atom. The second-order valence-corrected chi connectivity index (χ2v) is 7.35. The predicted octanol–water partition coefficient (Wildman–Crippen LogP) is 2.46. The molecular weight excluding hydrogens is 354 g/mol. The summed E-state index contributed by atoms with van der Waals surface area (Å²) in [6.45, 7) is 5.12. The summed E-state index contributed by atoms with van der Waals surface area (Å²) in [5.41, 5.74) is 2.89. The number of hydrogen-bond acceptors (Lipinski definition) is 5. The second-order valence-electron chi connectivity index (χ2n) is 7.35. The number of hydrogen-bond donors (Lipinski definition) is 0. The van der Waals surface area contributed by atoms with E-state index in [4.69, 9.17) is 4.74 Å². The van der Waals surface area contributed by atoms with Gasteiger partial charge in [-0.05, 0) is 31.2 Å². The first-order valence-electron chi connectivity index (χ1n) is 9.63. The van der Waals surface area contributed by atoms with Crippen molar-refractivity contribution >= 4 is 23.2 Å². The van der Waals surface area contributed by atoms with Crippen LogP contribution in [0.5, 0.6) is 5.75 Å². The lowest BCUT2D eigenvalue weighted by Crippen LogP contribution is -2.52. The van der Waals surface area contributed by atoms with Crippen LogP contribution in [0.1, 0.15) is 12.0 Å². The van der Waals surface area contributed by atoms with E-state index in [0.717, 1.165) is 43.2 Å². The highest BCUT2D eigenvalue weighted by Gasteiger charge is 2.43. The summed E-state index contributed by atoms with van der Waals surface area (Å²) < 4.78 is 5.31. The molecule has 0 aliphatic carbocycles. The van der Waals surface area contributed by atoms with Crippen LogP contribution in [0.15, 0.2) is 48.5 Å². The van der Waals surface area contributed by atoms with Crippen molar-refractivity contribution in [3.05, 3.63) is 54.1 Å². The third kappa shape index (κ3) is 3.47. The average molecular weight is 379 g/mol. The fourth-order valence-electron chi connectivity index (χ4n) is 3.97. The zero-order chi connectivity index (χ0) is 19.7. The zero-order valence-corrected chi connectivity index (χ0v) is 16.3. The van der Waals surface area contributed by atoms with Crippen LogP contribution in [0.3, 0.4) is 0 Å². The predicted molar refractivity (Wildman–Crippen MR) is 109 cm³/mol. The minimum atomic E-state index is -0.360. The third-order valence-electron chi connectivity index (χ3n) is 5.59. The molecule has 0 unspecified atom stereocenters. The maximum atomic E-state index is 13.0. The summed E-state index contributed by atoms with van der Waals surface area (Å²) in [6, 6.07) is 15.2. The molecule has 0 bridgehead atoms. The van der Waals surface area contributed by atoms with E-state index in [1.165, 1.54) is 4.90 Å². The van der Waals surface area contributed by atoms with E-state index in [1.807, 2.05) is 49.4 Å². The van der Waals surface area contributed by atoms with Gasteiger partial charge in [0, 0.05) is 37.9 Å². The minimum Gasteiger partial charge on any atom is -0.497 e. The van der Waals surface area contributed by atoms with Crippen molar-refractivity contribution < 1.29 is 14.3 Å². The van der Waals surface area contributed by atoms with Gasteiger partial charge in [-0.2, -0.15) is 0 Å². The minimum absolute atomic E-state index is 0.108.